The van der Waals surface area contributed by atoms with Crippen molar-refractivity contribution in [3.8, 4) is 0 Å². The molecule has 126 valence electrons. The second kappa shape index (κ2) is 6.14. The third-order valence-corrected chi connectivity index (χ3v) is 5.75. The lowest BCUT2D eigenvalue weighted by atomic mass is 10.0. The van der Waals surface area contributed by atoms with Crippen molar-refractivity contribution in [3.05, 3.63) is 35.4 Å². The van der Waals surface area contributed by atoms with Crippen molar-refractivity contribution < 1.29 is 5.11 Å². The zero-order chi connectivity index (χ0) is 16.7. The first kappa shape index (κ1) is 15.5. The summed E-state index contributed by atoms with van der Waals surface area (Å²) in [7, 11) is 0. The minimum atomic E-state index is -0.322. The van der Waals surface area contributed by atoms with E-state index in [4.69, 9.17) is 0 Å². The van der Waals surface area contributed by atoms with Crippen LogP contribution >= 0.6 is 11.3 Å². The molecule has 1 aliphatic carbocycles. The van der Waals surface area contributed by atoms with E-state index < -0.39 is 0 Å². The zero-order valence-electron chi connectivity index (χ0n) is 13.8. The molecule has 1 saturated carbocycles. The number of nitrogens with one attached hydrogen (secondary N) is 2. The van der Waals surface area contributed by atoms with Crippen LogP contribution in [-0.2, 0) is 0 Å². The van der Waals surface area contributed by atoms with Gasteiger partial charge in [-0.15, -0.1) is 0 Å². The molecule has 0 radical (unpaired) electrons. The highest BCUT2D eigenvalue weighted by Crippen LogP contribution is 2.37. The minimum absolute atomic E-state index is 0.196. The molecule has 0 bridgehead atoms. The molecular weight excluding hydrogens is 322 g/mol. The predicted molar refractivity (Wildman–Crippen MR) is 95.4 cm³/mol. The van der Waals surface area contributed by atoms with Crippen LogP contribution in [0.1, 0.15) is 36.0 Å². The monoisotopic (exact) mass is 343 g/mol. The minimum Gasteiger partial charge on any atom is -0.393 e. The molecule has 1 fully saturated rings. The molecule has 3 aromatic rings. The first-order chi connectivity index (χ1) is 11.6. The van der Waals surface area contributed by atoms with Gasteiger partial charge in [0.2, 0.25) is 0 Å². The molecule has 2 aromatic heterocycles. The maximum Gasteiger partial charge on any atom is 0.183 e. The number of fused-ring (bicyclic) bond motifs is 1. The van der Waals surface area contributed by atoms with Crippen LogP contribution in [0.3, 0.4) is 0 Å². The molecule has 1 aromatic carbocycles. The van der Waals surface area contributed by atoms with Crippen LogP contribution in [0.2, 0.25) is 0 Å². The van der Waals surface area contributed by atoms with Gasteiger partial charge in [0.25, 0.3) is 0 Å². The van der Waals surface area contributed by atoms with E-state index in [-0.39, 0.29) is 17.9 Å². The van der Waals surface area contributed by atoms with Gasteiger partial charge in [0.1, 0.15) is 5.82 Å². The number of hydrogen-bond donors (Lipinski definition) is 3. The first-order valence-corrected chi connectivity index (χ1v) is 9.09. The average Bonchev–Trinajstić information content (AvgIpc) is 3.24. The first-order valence-electron chi connectivity index (χ1n) is 8.27. The normalized spacial score (nSPS) is 23.9. The van der Waals surface area contributed by atoms with E-state index in [1.54, 1.807) is 11.3 Å². The number of aliphatic hydroxyl groups is 1. The summed E-state index contributed by atoms with van der Waals surface area (Å²) in [5.41, 5.74) is 2.25. The summed E-state index contributed by atoms with van der Waals surface area (Å²) in [6, 6.07) is 6.23. The summed E-state index contributed by atoms with van der Waals surface area (Å²) < 4.78 is 1.19. The summed E-state index contributed by atoms with van der Waals surface area (Å²) in [4.78, 5) is 9.08. The van der Waals surface area contributed by atoms with Crippen molar-refractivity contribution in [1.82, 2.24) is 20.2 Å². The molecule has 0 aliphatic heterocycles. The standard InChI is InChI=1S/C17H21N5OS/c1-9-4-3-5-14-15(9)20-17(24-14)18-8-12-6-11(7-13(12)23)16-19-10(2)21-22-16/h3-5,11-13,23H,6-8H2,1-2H3,(H,18,20)(H,19,21,22)/t11-,12+,13+/m0/s1. The second-order valence-electron chi connectivity index (χ2n) is 6.60. The van der Waals surface area contributed by atoms with Gasteiger partial charge in [-0.05, 0) is 38.3 Å². The van der Waals surface area contributed by atoms with Gasteiger partial charge < -0.3 is 10.4 Å². The molecule has 4 rings (SSSR count). The van der Waals surface area contributed by atoms with Gasteiger partial charge in [0.15, 0.2) is 11.0 Å². The van der Waals surface area contributed by atoms with Crippen LogP contribution in [0.5, 0.6) is 0 Å². The van der Waals surface area contributed by atoms with Gasteiger partial charge >= 0.3 is 0 Å². The Balaban J connectivity index is 1.42. The Morgan fingerprint density at radius 2 is 2.17 bits per heavy atom. The Hall–Kier alpha value is -1.99. The molecule has 3 N–H and O–H groups in total. The van der Waals surface area contributed by atoms with Gasteiger partial charge in [-0.25, -0.2) is 9.97 Å². The van der Waals surface area contributed by atoms with Crippen molar-refractivity contribution in [2.45, 2.75) is 38.7 Å². The van der Waals surface area contributed by atoms with Crippen LogP contribution < -0.4 is 5.32 Å². The number of aromatic nitrogens is 4. The third-order valence-electron chi connectivity index (χ3n) is 4.77. The lowest BCUT2D eigenvalue weighted by Gasteiger charge is -2.14. The van der Waals surface area contributed by atoms with Crippen molar-refractivity contribution in [2.24, 2.45) is 5.92 Å². The van der Waals surface area contributed by atoms with Crippen molar-refractivity contribution in [1.29, 1.82) is 0 Å². The number of hydrogen-bond acceptors (Lipinski definition) is 6. The number of rotatable bonds is 4. The maximum absolute atomic E-state index is 10.4. The van der Waals surface area contributed by atoms with Gasteiger partial charge in [0, 0.05) is 18.4 Å². The molecular formula is C17H21N5OS. The van der Waals surface area contributed by atoms with Gasteiger partial charge in [-0.1, -0.05) is 23.5 Å². The Morgan fingerprint density at radius 1 is 1.29 bits per heavy atom. The number of aromatic amines is 1. The molecule has 6 nitrogen and oxygen atoms in total. The SMILES string of the molecule is Cc1nc([C@H]2C[C@H](CNc3nc4c(C)cccc4s3)[C@H](O)C2)n[nH]1. The lowest BCUT2D eigenvalue weighted by molar-refractivity contribution is 0.138. The molecule has 3 atom stereocenters. The number of aryl methyl sites for hydroxylation is 2. The van der Waals surface area contributed by atoms with Gasteiger partial charge in [-0.3, -0.25) is 5.10 Å². The Labute approximate surface area is 144 Å². The van der Waals surface area contributed by atoms with Crippen LogP contribution in [0, 0.1) is 19.8 Å². The molecule has 7 heteroatoms. The molecule has 0 amide bonds. The Kier molecular flexibility index (Phi) is 3.97. The van der Waals surface area contributed by atoms with Crippen molar-refractivity contribution in [3.63, 3.8) is 0 Å². The van der Waals surface area contributed by atoms with Crippen LogP contribution in [0.15, 0.2) is 18.2 Å². The molecule has 24 heavy (non-hydrogen) atoms. The van der Waals surface area contributed by atoms with Crippen molar-refractivity contribution >= 4 is 26.7 Å². The number of para-hydroxylation sites is 1. The maximum atomic E-state index is 10.4. The molecule has 0 unspecified atom stereocenters. The second-order valence-corrected chi connectivity index (χ2v) is 7.63. The van der Waals surface area contributed by atoms with Gasteiger partial charge in [-0.2, -0.15) is 5.10 Å². The summed E-state index contributed by atoms with van der Waals surface area (Å²) in [5.74, 6) is 2.08. The summed E-state index contributed by atoms with van der Waals surface area (Å²) >= 11 is 1.66. The van der Waals surface area contributed by atoms with Crippen molar-refractivity contribution in [2.75, 3.05) is 11.9 Å². The highest BCUT2D eigenvalue weighted by molar-refractivity contribution is 7.22. The third kappa shape index (κ3) is 2.89. The summed E-state index contributed by atoms with van der Waals surface area (Å²) in [6.07, 6.45) is 1.30. The number of H-pyrrole nitrogens is 1. The Bertz CT molecular complexity index is 858. The van der Waals surface area contributed by atoms with Crippen LogP contribution in [0.25, 0.3) is 10.2 Å². The topological polar surface area (TPSA) is 86.7 Å². The van der Waals surface area contributed by atoms with E-state index in [0.717, 1.165) is 41.7 Å². The summed E-state index contributed by atoms with van der Waals surface area (Å²) in [5, 5.41) is 21.8. The van der Waals surface area contributed by atoms with E-state index in [1.165, 1.54) is 10.3 Å². The Morgan fingerprint density at radius 3 is 2.92 bits per heavy atom. The van der Waals surface area contributed by atoms with E-state index in [1.807, 2.05) is 6.92 Å². The number of anilines is 1. The lowest BCUT2D eigenvalue weighted by Crippen LogP contribution is -2.21. The smallest absolute Gasteiger partial charge is 0.183 e. The number of nitrogens with zero attached hydrogens (tertiary/aromatic N) is 3. The highest BCUT2D eigenvalue weighted by Gasteiger charge is 2.35. The fourth-order valence-corrected chi connectivity index (χ4v) is 4.41. The molecule has 0 saturated heterocycles. The fourth-order valence-electron chi connectivity index (χ4n) is 3.46. The van der Waals surface area contributed by atoms with E-state index in [2.05, 4.69) is 50.6 Å². The quantitative estimate of drug-likeness (QED) is 0.678. The highest BCUT2D eigenvalue weighted by atomic mass is 32.1. The number of thiazole rings is 1. The summed E-state index contributed by atoms with van der Waals surface area (Å²) in [6.45, 7) is 4.70. The largest absolute Gasteiger partial charge is 0.393 e. The fraction of sp³-hybridized carbons (Fsp3) is 0.471. The number of benzene rings is 1. The molecule has 1 aliphatic rings. The van der Waals surface area contributed by atoms with Gasteiger partial charge in [0.05, 0.1) is 16.3 Å². The van der Waals surface area contributed by atoms with Crippen LogP contribution in [-0.4, -0.2) is 37.9 Å². The molecule has 2 heterocycles. The zero-order valence-corrected chi connectivity index (χ0v) is 14.6. The average molecular weight is 343 g/mol. The van der Waals surface area contributed by atoms with E-state index in [9.17, 15) is 5.11 Å². The van der Waals surface area contributed by atoms with E-state index in [0.29, 0.717) is 0 Å². The number of aliphatic hydroxyl groups excluding tert-OH is 1. The molecule has 0 spiro atoms. The van der Waals surface area contributed by atoms with E-state index >= 15 is 0 Å². The van der Waals surface area contributed by atoms with Crippen LogP contribution in [0.4, 0.5) is 5.13 Å². The predicted octanol–water partition coefficient (Wildman–Crippen LogP) is 3.00.